The van der Waals surface area contributed by atoms with Gasteiger partial charge in [-0.1, -0.05) is 23.4 Å². The fourth-order valence-electron chi connectivity index (χ4n) is 1.58. The topological polar surface area (TPSA) is 83.4 Å². The molecular weight excluding hydrogens is 310 g/mol. The maximum absolute atomic E-state index is 12.3. The normalized spacial score (nSPS) is 18.6. The van der Waals surface area contributed by atoms with Gasteiger partial charge >= 0.3 is 5.97 Å². The van der Waals surface area contributed by atoms with Gasteiger partial charge in [0.05, 0.1) is 17.1 Å². The van der Waals surface area contributed by atoms with E-state index in [2.05, 4.69) is 9.97 Å². The van der Waals surface area contributed by atoms with Crippen molar-refractivity contribution < 1.29 is 14.7 Å². The van der Waals surface area contributed by atoms with Gasteiger partial charge in [-0.05, 0) is 6.26 Å². The molecule has 0 aromatic carbocycles. The Morgan fingerprint density at radius 2 is 2.37 bits per heavy atom. The van der Waals surface area contributed by atoms with Crippen molar-refractivity contribution in [2.45, 2.75) is 11.2 Å². The van der Waals surface area contributed by atoms with Gasteiger partial charge in [0.25, 0.3) is 5.91 Å². The first-order chi connectivity index (χ1) is 9.04. The summed E-state index contributed by atoms with van der Waals surface area (Å²) in [6.45, 7) is 0. The average Bonchev–Trinajstić information content (AvgIpc) is 2.88. The number of hydrogen-bond donors (Lipinski definition) is 1. The quantitative estimate of drug-likeness (QED) is 0.667. The molecule has 1 N–H and O–H groups in total. The first-order valence-electron chi connectivity index (χ1n) is 5.22. The number of hydrogen-bond acceptors (Lipinski definition) is 6. The zero-order valence-corrected chi connectivity index (χ0v) is 12.3. The summed E-state index contributed by atoms with van der Waals surface area (Å²) >= 11 is 8.59. The number of rotatable bonds is 3. The third-order valence-electron chi connectivity index (χ3n) is 2.54. The van der Waals surface area contributed by atoms with Crippen LogP contribution in [0.2, 0.25) is 5.02 Å². The molecule has 19 heavy (non-hydrogen) atoms. The number of aliphatic carboxylic acids is 1. The molecule has 0 bridgehead atoms. The highest BCUT2D eigenvalue weighted by atomic mass is 35.5. The molecule has 9 heteroatoms. The Labute approximate surface area is 122 Å². The lowest BCUT2D eigenvalue weighted by Gasteiger charge is -2.20. The van der Waals surface area contributed by atoms with Crippen molar-refractivity contribution in [3.05, 3.63) is 16.9 Å². The van der Waals surface area contributed by atoms with Crippen molar-refractivity contribution >= 4 is 47.0 Å². The van der Waals surface area contributed by atoms with E-state index in [-0.39, 0.29) is 10.7 Å². The Morgan fingerprint density at radius 1 is 1.63 bits per heavy atom. The van der Waals surface area contributed by atoms with Crippen molar-refractivity contribution in [2.24, 2.45) is 0 Å². The average molecular weight is 320 g/mol. The molecule has 2 heterocycles. The second kappa shape index (κ2) is 5.98. The fraction of sp³-hybridized carbons (Fsp3) is 0.400. The molecule has 0 spiro atoms. The van der Waals surface area contributed by atoms with E-state index in [0.717, 1.165) is 0 Å². The Bertz CT molecular complexity index is 529. The maximum atomic E-state index is 12.3. The molecule has 1 aromatic heterocycles. The third-order valence-corrected chi connectivity index (χ3v) is 4.39. The zero-order valence-electron chi connectivity index (χ0n) is 9.87. The summed E-state index contributed by atoms with van der Waals surface area (Å²) < 4.78 is 0. The van der Waals surface area contributed by atoms with E-state index in [1.165, 1.54) is 34.6 Å². The molecule has 1 aliphatic rings. The molecule has 0 radical (unpaired) electrons. The number of halogens is 1. The van der Waals surface area contributed by atoms with Gasteiger partial charge in [0, 0.05) is 5.75 Å². The number of carboxylic acids is 1. The molecule has 1 fully saturated rings. The van der Waals surface area contributed by atoms with Crippen LogP contribution < -0.4 is 0 Å². The molecule has 1 aliphatic heterocycles. The summed E-state index contributed by atoms with van der Waals surface area (Å²) in [6.07, 6.45) is 3.13. The predicted octanol–water partition coefficient (Wildman–Crippen LogP) is 1.45. The first-order valence-corrected chi connectivity index (χ1v) is 7.98. The van der Waals surface area contributed by atoms with Gasteiger partial charge in [-0.2, -0.15) is 0 Å². The van der Waals surface area contributed by atoms with E-state index in [1.54, 1.807) is 6.26 Å². The number of carboxylic acid groups (broad SMARTS) is 1. The molecule has 1 amide bonds. The summed E-state index contributed by atoms with van der Waals surface area (Å²) in [5, 5.41) is 9.62. The van der Waals surface area contributed by atoms with Gasteiger partial charge < -0.3 is 10.0 Å². The SMILES string of the molecule is CSc1ncc(Cl)c(C(=O)N2CSCC2C(=O)O)n1. The van der Waals surface area contributed by atoms with E-state index >= 15 is 0 Å². The van der Waals surface area contributed by atoms with Gasteiger partial charge in [-0.15, -0.1) is 11.8 Å². The molecule has 1 atom stereocenters. The van der Waals surface area contributed by atoms with E-state index in [0.29, 0.717) is 16.8 Å². The lowest BCUT2D eigenvalue weighted by molar-refractivity contribution is -0.140. The monoisotopic (exact) mass is 319 g/mol. The van der Waals surface area contributed by atoms with Crippen LogP contribution in [0.5, 0.6) is 0 Å². The van der Waals surface area contributed by atoms with Gasteiger partial charge in [0.2, 0.25) is 0 Å². The lowest BCUT2D eigenvalue weighted by Crippen LogP contribution is -2.42. The van der Waals surface area contributed by atoms with Crippen molar-refractivity contribution in [3.63, 3.8) is 0 Å². The number of aromatic nitrogens is 2. The molecule has 2 rings (SSSR count). The molecule has 6 nitrogen and oxygen atoms in total. The minimum absolute atomic E-state index is 0.0507. The van der Waals surface area contributed by atoms with Crippen molar-refractivity contribution in [3.8, 4) is 0 Å². The Morgan fingerprint density at radius 3 is 3.00 bits per heavy atom. The standard InChI is InChI=1S/C10H10ClN3O3S2/c1-18-10-12-2-5(11)7(13-10)8(15)14-4-19-3-6(14)9(16)17/h2,6H,3-4H2,1H3,(H,16,17). The van der Waals surface area contributed by atoms with E-state index in [1.807, 2.05) is 0 Å². The number of carbonyl (C=O) groups is 2. The zero-order chi connectivity index (χ0) is 14.0. The highest BCUT2D eigenvalue weighted by Gasteiger charge is 2.36. The Hall–Kier alpha value is -0.990. The molecule has 1 aromatic rings. The predicted molar refractivity (Wildman–Crippen MR) is 73.7 cm³/mol. The van der Waals surface area contributed by atoms with Crippen molar-refractivity contribution in [1.82, 2.24) is 14.9 Å². The second-order valence-corrected chi connectivity index (χ2v) is 5.86. The minimum Gasteiger partial charge on any atom is -0.480 e. The second-order valence-electron chi connectivity index (χ2n) is 3.68. The van der Waals surface area contributed by atoms with Crippen LogP contribution in [0, 0.1) is 0 Å². The van der Waals surface area contributed by atoms with Crippen molar-refractivity contribution in [1.29, 1.82) is 0 Å². The molecule has 0 saturated carbocycles. The summed E-state index contributed by atoms with van der Waals surface area (Å²) in [5.41, 5.74) is 0.0507. The summed E-state index contributed by atoms with van der Waals surface area (Å²) in [7, 11) is 0. The van der Waals surface area contributed by atoms with Crippen LogP contribution >= 0.6 is 35.1 Å². The number of thioether (sulfide) groups is 2. The van der Waals surface area contributed by atoms with Crippen LogP contribution in [0.3, 0.4) is 0 Å². The smallest absolute Gasteiger partial charge is 0.327 e. The molecule has 1 saturated heterocycles. The number of nitrogens with zero attached hydrogens (tertiary/aromatic N) is 3. The summed E-state index contributed by atoms with van der Waals surface area (Å²) in [6, 6.07) is -0.832. The summed E-state index contributed by atoms with van der Waals surface area (Å²) in [5.74, 6) is -0.794. The van der Waals surface area contributed by atoms with E-state index in [4.69, 9.17) is 16.7 Å². The van der Waals surface area contributed by atoms with Crippen LogP contribution in [0.1, 0.15) is 10.5 Å². The van der Waals surface area contributed by atoms with Crippen LogP contribution in [0.15, 0.2) is 11.4 Å². The highest BCUT2D eigenvalue weighted by molar-refractivity contribution is 7.99. The Balaban J connectivity index is 2.31. The van der Waals surface area contributed by atoms with Gasteiger partial charge in [-0.3, -0.25) is 4.79 Å². The highest BCUT2D eigenvalue weighted by Crippen LogP contribution is 2.25. The van der Waals surface area contributed by atoms with E-state index < -0.39 is 17.9 Å². The van der Waals surface area contributed by atoms with Crippen molar-refractivity contribution in [2.75, 3.05) is 17.9 Å². The van der Waals surface area contributed by atoms with Crippen LogP contribution in [0.4, 0.5) is 0 Å². The lowest BCUT2D eigenvalue weighted by atomic mass is 10.2. The van der Waals surface area contributed by atoms with Crippen LogP contribution in [-0.2, 0) is 4.79 Å². The van der Waals surface area contributed by atoms with Crippen LogP contribution in [-0.4, -0.2) is 55.8 Å². The molecular formula is C10H10ClN3O3S2. The third kappa shape index (κ3) is 2.96. The minimum atomic E-state index is -1.02. The molecule has 102 valence electrons. The Kier molecular flexibility index (Phi) is 4.54. The largest absolute Gasteiger partial charge is 0.480 e. The molecule has 1 unspecified atom stereocenters. The summed E-state index contributed by atoms with van der Waals surface area (Å²) in [4.78, 5) is 32.7. The van der Waals surface area contributed by atoms with Gasteiger partial charge in [0.15, 0.2) is 10.9 Å². The first kappa shape index (κ1) is 14.4. The molecule has 0 aliphatic carbocycles. The van der Waals surface area contributed by atoms with Crippen LogP contribution in [0.25, 0.3) is 0 Å². The number of amides is 1. The van der Waals surface area contributed by atoms with E-state index in [9.17, 15) is 9.59 Å². The van der Waals surface area contributed by atoms with Gasteiger partial charge in [0.1, 0.15) is 6.04 Å². The van der Waals surface area contributed by atoms with Gasteiger partial charge in [-0.25, -0.2) is 14.8 Å². The maximum Gasteiger partial charge on any atom is 0.327 e. The fourth-order valence-corrected chi connectivity index (χ4v) is 3.24. The number of carbonyl (C=O) groups excluding carboxylic acids is 1.